The summed E-state index contributed by atoms with van der Waals surface area (Å²) in [5.41, 5.74) is 1.11. The monoisotopic (exact) mass is 319 g/mol. The molecule has 0 aromatic carbocycles. The summed E-state index contributed by atoms with van der Waals surface area (Å²) < 4.78 is 5.85. The normalized spacial score (nSPS) is 15.8. The van der Waals surface area contributed by atoms with E-state index in [1.165, 1.54) is 0 Å². The van der Waals surface area contributed by atoms with Gasteiger partial charge in [-0.05, 0) is 12.0 Å². The van der Waals surface area contributed by atoms with Crippen LogP contribution >= 0.6 is 11.6 Å². The zero-order valence-corrected chi connectivity index (χ0v) is 13.2. The summed E-state index contributed by atoms with van der Waals surface area (Å²) in [6.45, 7) is 3.77. The maximum Gasteiger partial charge on any atom is 0.316 e. The molecule has 3 rings (SSSR count). The third-order valence-electron chi connectivity index (χ3n) is 3.69. The number of hydrogen-bond donors (Lipinski definition) is 0. The van der Waals surface area contributed by atoms with Crippen LogP contribution in [0.3, 0.4) is 0 Å². The molecule has 1 aliphatic heterocycles. The van der Waals surface area contributed by atoms with E-state index in [9.17, 15) is 0 Å². The van der Waals surface area contributed by atoms with E-state index in [2.05, 4.69) is 31.8 Å². The Hall–Kier alpha value is -1.95. The topological polar surface area (TPSA) is 64.0 Å². The van der Waals surface area contributed by atoms with E-state index in [1.54, 1.807) is 12.4 Å². The Morgan fingerprint density at radius 2 is 1.73 bits per heavy atom. The van der Waals surface area contributed by atoms with Crippen LogP contribution in [-0.2, 0) is 6.42 Å². The van der Waals surface area contributed by atoms with E-state index < -0.39 is 0 Å². The van der Waals surface area contributed by atoms with Gasteiger partial charge in [-0.2, -0.15) is 0 Å². The van der Waals surface area contributed by atoms with Crippen molar-refractivity contribution >= 4 is 17.5 Å². The van der Waals surface area contributed by atoms with Gasteiger partial charge in [0.15, 0.2) is 0 Å². The van der Waals surface area contributed by atoms with Gasteiger partial charge in [0.05, 0.1) is 17.4 Å². The first-order chi connectivity index (χ1) is 10.7. The first-order valence-corrected chi connectivity index (χ1v) is 7.82. The highest BCUT2D eigenvalue weighted by atomic mass is 35.5. The maximum absolute atomic E-state index is 5.85. The van der Waals surface area contributed by atoms with Crippen molar-refractivity contribution < 1.29 is 4.74 Å². The molecule has 116 valence electrons. The standard InChI is InChI=1S/C15H18ClN5O/c1-2-11-7-19-15(20-8-11)22-13-3-5-21(6-4-13)14-17-9-12(16)10-18-14/h7-10,13H,2-6H2,1H3. The molecule has 0 bridgehead atoms. The van der Waals surface area contributed by atoms with Crippen molar-refractivity contribution in [2.75, 3.05) is 18.0 Å². The Kier molecular flexibility index (Phi) is 4.68. The van der Waals surface area contributed by atoms with Crippen LogP contribution in [0.15, 0.2) is 24.8 Å². The number of ether oxygens (including phenoxy) is 1. The number of piperidine rings is 1. The number of aryl methyl sites for hydroxylation is 1. The molecule has 0 saturated carbocycles. The van der Waals surface area contributed by atoms with Gasteiger partial charge in [0, 0.05) is 38.3 Å². The Balaban J connectivity index is 1.53. The van der Waals surface area contributed by atoms with Crippen LogP contribution < -0.4 is 9.64 Å². The van der Waals surface area contributed by atoms with Crippen LogP contribution in [0.5, 0.6) is 6.01 Å². The molecule has 1 aliphatic rings. The molecule has 0 spiro atoms. The molecular formula is C15H18ClN5O. The van der Waals surface area contributed by atoms with Crippen molar-refractivity contribution in [2.24, 2.45) is 0 Å². The van der Waals surface area contributed by atoms with Gasteiger partial charge in [0.2, 0.25) is 5.95 Å². The fraction of sp³-hybridized carbons (Fsp3) is 0.467. The summed E-state index contributed by atoms with van der Waals surface area (Å²) in [7, 11) is 0. The van der Waals surface area contributed by atoms with Crippen LogP contribution in [0.4, 0.5) is 5.95 Å². The van der Waals surface area contributed by atoms with Crippen LogP contribution in [-0.4, -0.2) is 39.1 Å². The second kappa shape index (κ2) is 6.87. The summed E-state index contributed by atoms with van der Waals surface area (Å²) in [4.78, 5) is 19.1. The van der Waals surface area contributed by atoms with Crippen molar-refractivity contribution in [2.45, 2.75) is 32.3 Å². The Morgan fingerprint density at radius 1 is 1.09 bits per heavy atom. The van der Waals surface area contributed by atoms with Crippen molar-refractivity contribution in [3.8, 4) is 6.01 Å². The van der Waals surface area contributed by atoms with E-state index >= 15 is 0 Å². The third-order valence-corrected chi connectivity index (χ3v) is 3.89. The maximum atomic E-state index is 5.85. The van der Waals surface area contributed by atoms with Gasteiger partial charge in [-0.1, -0.05) is 18.5 Å². The van der Waals surface area contributed by atoms with Gasteiger partial charge in [0.25, 0.3) is 0 Å². The molecule has 2 aromatic heterocycles. The molecule has 0 aliphatic carbocycles. The minimum absolute atomic E-state index is 0.135. The molecule has 0 radical (unpaired) electrons. The fourth-order valence-corrected chi connectivity index (χ4v) is 2.48. The highest BCUT2D eigenvalue weighted by molar-refractivity contribution is 6.30. The van der Waals surface area contributed by atoms with Crippen molar-refractivity contribution in [3.05, 3.63) is 35.4 Å². The van der Waals surface area contributed by atoms with Crippen molar-refractivity contribution in [1.29, 1.82) is 0 Å². The number of hydrogen-bond acceptors (Lipinski definition) is 6. The molecule has 0 unspecified atom stereocenters. The van der Waals surface area contributed by atoms with Gasteiger partial charge >= 0.3 is 6.01 Å². The summed E-state index contributed by atoms with van der Waals surface area (Å²) in [5, 5.41) is 0.551. The molecule has 3 heterocycles. The predicted octanol–water partition coefficient (Wildman–Crippen LogP) is 2.53. The molecule has 0 amide bonds. The van der Waals surface area contributed by atoms with E-state index in [0.717, 1.165) is 37.9 Å². The highest BCUT2D eigenvalue weighted by Gasteiger charge is 2.22. The first kappa shape index (κ1) is 15.0. The second-order valence-electron chi connectivity index (χ2n) is 5.23. The van der Waals surface area contributed by atoms with Crippen LogP contribution in [0.1, 0.15) is 25.3 Å². The summed E-state index contributed by atoms with van der Waals surface area (Å²) in [6.07, 6.45) is 9.73. The SMILES string of the molecule is CCc1cnc(OC2CCN(c3ncc(Cl)cn3)CC2)nc1. The molecule has 7 heteroatoms. The Bertz CT molecular complexity index is 596. The van der Waals surface area contributed by atoms with E-state index in [4.69, 9.17) is 16.3 Å². The summed E-state index contributed by atoms with van der Waals surface area (Å²) >= 11 is 5.81. The van der Waals surface area contributed by atoms with E-state index in [1.807, 2.05) is 12.4 Å². The quantitative estimate of drug-likeness (QED) is 0.863. The van der Waals surface area contributed by atoms with Crippen molar-refractivity contribution in [1.82, 2.24) is 19.9 Å². The van der Waals surface area contributed by atoms with Crippen LogP contribution in [0, 0.1) is 0 Å². The Labute approximate surface area is 134 Å². The van der Waals surface area contributed by atoms with Crippen molar-refractivity contribution in [3.63, 3.8) is 0 Å². The predicted molar refractivity (Wildman–Crippen MR) is 84.3 cm³/mol. The molecule has 0 atom stereocenters. The third kappa shape index (κ3) is 3.62. The first-order valence-electron chi connectivity index (χ1n) is 7.44. The zero-order valence-electron chi connectivity index (χ0n) is 12.4. The largest absolute Gasteiger partial charge is 0.460 e. The van der Waals surface area contributed by atoms with Gasteiger partial charge in [-0.25, -0.2) is 19.9 Å². The molecule has 2 aromatic rings. The zero-order chi connectivity index (χ0) is 15.4. The van der Waals surface area contributed by atoms with Gasteiger partial charge < -0.3 is 9.64 Å². The van der Waals surface area contributed by atoms with E-state index in [0.29, 0.717) is 17.0 Å². The van der Waals surface area contributed by atoms with Gasteiger partial charge in [-0.3, -0.25) is 0 Å². The minimum atomic E-state index is 0.135. The average molecular weight is 320 g/mol. The number of halogens is 1. The Morgan fingerprint density at radius 3 is 2.32 bits per heavy atom. The van der Waals surface area contributed by atoms with E-state index in [-0.39, 0.29) is 6.10 Å². The van der Waals surface area contributed by atoms with Crippen LogP contribution in [0.25, 0.3) is 0 Å². The lowest BCUT2D eigenvalue weighted by molar-refractivity contribution is 0.156. The second-order valence-corrected chi connectivity index (χ2v) is 5.67. The van der Waals surface area contributed by atoms with Gasteiger partial charge in [0.1, 0.15) is 6.10 Å². The lowest BCUT2D eigenvalue weighted by Crippen LogP contribution is -2.39. The van der Waals surface area contributed by atoms with Gasteiger partial charge in [-0.15, -0.1) is 0 Å². The number of nitrogens with zero attached hydrogens (tertiary/aromatic N) is 5. The molecule has 1 saturated heterocycles. The number of rotatable bonds is 4. The average Bonchev–Trinajstić information content (AvgIpc) is 2.57. The summed E-state index contributed by atoms with van der Waals surface area (Å²) in [5.74, 6) is 0.714. The molecule has 22 heavy (non-hydrogen) atoms. The lowest BCUT2D eigenvalue weighted by atomic mass is 10.1. The fourth-order valence-electron chi connectivity index (χ4n) is 2.38. The molecule has 6 nitrogen and oxygen atoms in total. The lowest BCUT2D eigenvalue weighted by Gasteiger charge is -2.31. The molecule has 0 N–H and O–H groups in total. The smallest absolute Gasteiger partial charge is 0.316 e. The minimum Gasteiger partial charge on any atom is -0.460 e. The highest BCUT2D eigenvalue weighted by Crippen LogP contribution is 2.19. The molecular weight excluding hydrogens is 302 g/mol. The number of aromatic nitrogens is 4. The molecule has 1 fully saturated rings. The van der Waals surface area contributed by atoms with Crippen LogP contribution in [0.2, 0.25) is 5.02 Å². The summed E-state index contributed by atoms with van der Waals surface area (Å²) in [6, 6.07) is 0.457. The number of anilines is 1.